The number of pyridine rings is 1. The van der Waals surface area contributed by atoms with Crippen LogP contribution in [0.25, 0.3) is 6.08 Å². The number of thioether (sulfide) groups is 1. The summed E-state index contributed by atoms with van der Waals surface area (Å²) in [5.74, 6) is 0.284. The molecule has 0 bridgehead atoms. The second kappa shape index (κ2) is 6.85. The molecule has 2 amide bonds. The van der Waals surface area contributed by atoms with Crippen LogP contribution in [0.15, 0.2) is 53.6 Å². The maximum Gasteiger partial charge on any atom is 0.295 e. The van der Waals surface area contributed by atoms with Crippen LogP contribution in [-0.4, -0.2) is 27.7 Å². The molecule has 0 unspecified atom stereocenters. The molecule has 1 aromatic heterocycles. The van der Waals surface area contributed by atoms with Crippen molar-refractivity contribution >= 4 is 46.4 Å². The van der Waals surface area contributed by atoms with Gasteiger partial charge in [-0.1, -0.05) is 29.8 Å². The molecule has 0 atom stereocenters. The van der Waals surface area contributed by atoms with Gasteiger partial charge >= 0.3 is 0 Å². The number of anilines is 1. The molecule has 2 aromatic rings. The van der Waals surface area contributed by atoms with Crippen molar-refractivity contribution in [1.29, 1.82) is 0 Å². The largest absolute Gasteiger partial charge is 0.352 e. The molecule has 0 aliphatic carbocycles. The zero-order chi connectivity index (χ0) is 16.2. The standard InChI is InChI=1S/C16H12ClN3O2S/c17-12-6-4-11(5-7-12)9-13-15(21)20(16(22)23-13)10-19-14-3-1-2-8-18-14/h1-9H,10H2,(H,18,19)/b13-9+. The van der Waals surface area contributed by atoms with E-state index in [2.05, 4.69) is 10.3 Å². The van der Waals surface area contributed by atoms with Crippen LogP contribution in [0, 0.1) is 0 Å². The van der Waals surface area contributed by atoms with E-state index < -0.39 is 0 Å². The average molecular weight is 346 g/mol. The maximum absolute atomic E-state index is 12.3. The second-order valence-corrected chi connectivity index (χ2v) is 6.14. The number of halogens is 1. The van der Waals surface area contributed by atoms with E-state index in [9.17, 15) is 9.59 Å². The van der Waals surface area contributed by atoms with E-state index in [0.29, 0.717) is 15.7 Å². The lowest BCUT2D eigenvalue weighted by molar-refractivity contribution is -0.122. The number of amides is 2. The highest BCUT2D eigenvalue weighted by Gasteiger charge is 2.34. The van der Waals surface area contributed by atoms with E-state index in [1.54, 1.807) is 48.7 Å². The lowest BCUT2D eigenvalue weighted by atomic mass is 10.2. The number of hydrogen-bond acceptors (Lipinski definition) is 5. The molecule has 23 heavy (non-hydrogen) atoms. The van der Waals surface area contributed by atoms with E-state index in [0.717, 1.165) is 22.2 Å². The fourth-order valence-electron chi connectivity index (χ4n) is 1.97. The molecule has 0 spiro atoms. The van der Waals surface area contributed by atoms with Crippen LogP contribution in [0.1, 0.15) is 5.56 Å². The summed E-state index contributed by atoms with van der Waals surface area (Å²) in [7, 11) is 0. The Kier molecular flexibility index (Phi) is 4.64. The molecular formula is C16H12ClN3O2S. The zero-order valence-electron chi connectivity index (χ0n) is 11.9. The highest BCUT2D eigenvalue weighted by atomic mass is 35.5. The summed E-state index contributed by atoms with van der Waals surface area (Å²) >= 11 is 6.75. The van der Waals surface area contributed by atoms with Gasteiger partial charge in [-0.25, -0.2) is 4.98 Å². The molecule has 7 heteroatoms. The van der Waals surface area contributed by atoms with Gasteiger partial charge in [0.05, 0.1) is 4.91 Å². The first-order valence-electron chi connectivity index (χ1n) is 6.79. The molecule has 1 aliphatic heterocycles. The SMILES string of the molecule is O=C1S/C(=C/c2ccc(Cl)cc2)C(=O)N1CNc1ccccn1. The Morgan fingerprint density at radius 2 is 1.96 bits per heavy atom. The lowest BCUT2D eigenvalue weighted by Gasteiger charge is -2.13. The number of nitrogens with zero attached hydrogens (tertiary/aromatic N) is 2. The summed E-state index contributed by atoms with van der Waals surface area (Å²) < 4.78 is 0. The molecule has 1 saturated heterocycles. The Bertz CT molecular complexity index is 763. The van der Waals surface area contributed by atoms with Crippen molar-refractivity contribution < 1.29 is 9.59 Å². The van der Waals surface area contributed by atoms with Crippen molar-refractivity contribution in [2.24, 2.45) is 0 Å². The van der Waals surface area contributed by atoms with Crippen LogP contribution in [0.5, 0.6) is 0 Å². The van der Waals surface area contributed by atoms with Crippen molar-refractivity contribution in [3.8, 4) is 0 Å². The summed E-state index contributed by atoms with van der Waals surface area (Å²) in [4.78, 5) is 30.0. The van der Waals surface area contributed by atoms with E-state index in [1.165, 1.54) is 0 Å². The summed E-state index contributed by atoms with van der Waals surface area (Å²) in [5, 5.41) is 3.27. The maximum atomic E-state index is 12.3. The molecule has 3 rings (SSSR count). The molecule has 1 aromatic carbocycles. The van der Waals surface area contributed by atoms with Crippen molar-refractivity contribution in [3.63, 3.8) is 0 Å². The van der Waals surface area contributed by atoms with E-state index in [1.807, 2.05) is 6.07 Å². The summed E-state index contributed by atoms with van der Waals surface area (Å²) in [5.41, 5.74) is 0.817. The Hall–Kier alpha value is -2.31. The van der Waals surface area contributed by atoms with Gasteiger partial charge in [0.25, 0.3) is 11.1 Å². The predicted octanol–water partition coefficient (Wildman–Crippen LogP) is 3.84. The number of imide groups is 1. The van der Waals surface area contributed by atoms with Gasteiger partial charge in [-0.2, -0.15) is 0 Å². The van der Waals surface area contributed by atoms with Gasteiger partial charge < -0.3 is 5.32 Å². The quantitative estimate of drug-likeness (QED) is 0.853. The molecule has 1 N–H and O–H groups in total. The topological polar surface area (TPSA) is 62.3 Å². The Balaban J connectivity index is 1.71. The number of rotatable bonds is 4. The minimum atomic E-state index is -0.321. The average Bonchev–Trinajstić information content (AvgIpc) is 2.82. The molecule has 116 valence electrons. The number of carbonyl (C=O) groups excluding carboxylic acids is 2. The van der Waals surface area contributed by atoms with Gasteiger partial charge in [0, 0.05) is 11.2 Å². The summed E-state index contributed by atoms with van der Waals surface area (Å²) in [6.45, 7) is 0.0830. The fourth-order valence-corrected chi connectivity index (χ4v) is 2.94. The Labute approximate surface area is 142 Å². The number of nitrogens with one attached hydrogen (secondary N) is 1. The third-order valence-electron chi connectivity index (χ3n) is 3.12. The number of hydrogen-bond donors (Lipinski definition) is 1. The Morgan fingerprint density at radius 3 is 2.65 bits per heavy atom. The van der Waals surface area contributed by atoms with Crippen LogP contribution in [0.2, 0.25) is 5.02 Å². The van der Waals surface area contributed by atoms with Gasteiger partial charge in [-0.05, 0) is 47.7 Å². The normalized spacial score (nSPS) is 16.2. The van der Waals surface area contributed by atoms with E-state index in [-0.39, 0.29) is 17.8 Å². The molecule has 2 heterocycles. The molecular weight excluding hydrogens is 334 g/mol. The third-order valence-corrected chi connectivity index (χ3v) is 4.28. The van der Waals surface area contributed by atoms with Crippen LogP contribution < -0.4 is 5.32 Å². The highest BCUT2D eigenvalue weighted by Crippen LogP contribution is 2.32. The van der Waals surface area contributed by atoms with Gasteiger partial charge in [0.1, 0.15) is 12.5 Å². The van der Waals surface area contributed by atoms with Gasteiger partial charge in [0.15, 0.2) is 0 Å². The minimum absolute atomic E-state index is 0.0830. The zero-order valence-corrected chi connectivity index (χ0v) is 13.5. The highest BCUT2D eigenvalue weighted by molar-refractivity contribution is 8.18. The van der Waals surface area contributed by atoms with Gasteiger partial charge in [-0.15, -0.1) is 0 Å². The third kappa shape index (κ3) is 3.72. The molecule has 1 aliphatic rings. The number of benzene rings is 1. The molecule has 0 saturated carbocycles. The summed E-state index contributed by atoms with van der Waals surface area (Å²) in [6.07, 6.45) is 3.32. The first-order valence-corrected chi connectivity index (χ1v) is 7.99. The first-order chi connectivity index (χ1) is 11.1. The molecule has 1 fully saturated rings. The van der Waals surface area contributed by atoms with Crippen LogP contribution in [-0.2, 0) is 4.79 Å². The summed E-state index contributed by atoms with van der Waals surface area (Å²) in [6, 6.07) is 12.4. The van der Waals surface area contributed by atoms with Crippen LogP contribution >= 0.6 is 23.4 Å². The van der Waals surface area contributed by atoms with Crippen molar-refractivity contribution in [1.82, 2.24) is 9.88 Å². The predicted molar refractivity (Wildman–Crippen MR) is 92.0 cm³/mol. The van der Waals surface area contributed by atoms with Gasteiger partial charge in [-0.3, -0.25) is 14.5 Å². The van der Waals surface area contributed by atoms with Crippen molar-refractivity contribution in [3.05, 3.63) is 64.2 Å². The Morgan fingerprint density at radius 1 is 1.17 bits per heavy atom. The monoisotopic (exact) mass is 345 g/mol. The lowest BCUT2D eigenvalue weighted by Crippen LogP contribution is -2.33. The van der Waals surface area contributed by atoms with Crippen molar-refractivity contribution in [2.75, 3.05) is 12.0 Å². The molecule has 5 nitrogen and oxygen atoms in total. The van der Waals surface area contributed by atoms with E-state index >= 15 is 0 Å². The number of aromatic nitrogens is 1. The smallest absolute Gasteiger partial charge is 0.295 e. The van der Waals surface area contributed by atoms with Crippen LogP contribution in [0.4, 0.5) is 10.6 Å². The van der Waals surface area contributed by atoms with Crippen LogP contribution in [0.3, 0.4) is 0 Å². The van der Waals surface area contributed by atoms with Crippen molar-refractivity contribution in [2.45, 2.75) is 0 Å². The number of carbonyl (C=O) groups is 2. The first kappa shape index (κ1) is 15.6. The fraction of sp³-hybridized carbons (Fsp3) is 0.0625. The molecule has 0 radical (unpaired) electrons. The second-order valence-electron chi connectivity index (χ2n) is 4.71. The van der Waals surface area contributed by atoms with E-state index in [4.69, 9.17) is 11.6 Å². The van der Waals surface area contributed by atoms with Gasteiger partial charge in [0.2, 0.25) is 0 Å². The minimum Gasteiger partial charge on any atom is -0.352 e.